The third-order valence-electron chi connectivity index (χ3n) is 4.61. The van der Waals surface area contributed by atoms with Gasteiger partial charge in [0.15, 0.2) is 0 Å². The van der Waals surface area contributed by atoms with Crippen LogP contribution in [0.3, 0.4) is 0 Å². The largest absolute Gasteiger partial charge is 0.444 e. The molecule has 29 heavy (non-hydrogen) atoms. The van der Waals surface area contributed by atoms with Gasteiger partial charge in [0, 0.05) is 22.4 Å². The predicted octanol–water partition coefficient (Wildman–Crippen LogP) is 3.69. The van der Waals surface area contributed by atoms with Crippen LogP contribution >= 0.6 is 15.9 Å². The molecule has 0 saturated carbocycles. The number of rotatable bonds is 4. The van der Waals surface area contributed by atoms with Crippen LogP contribution in [0.1, 0.15) is 27.2 Å². The number of hydrogen-bond acceptors (Lipinski definition) is 7. The SMILES string of the molecule is CC(C)(C)OC(=O)N1C[C@H](Nc2c([N+](=O)[O-])cnc3ccc(Br)cc23)C[C@@H]1CO. The van der Waals surface area contributed by atoms with Crippen molar-refractivity contribution < 1.29 is 19.6 Å². The van der Waals surface area contributed by atoms with Crippen LogP contribution in [0.4, 0.5) is 16.2 Å². The lowest BCUT2D eigenvalue weighted by atomic mass is 10.1. The summed E-state index contributed by atoms with van der Waals surface area (Å²) in [6, 6.07) is 4.63. The summed E-state index contributed by atoms with van der Waals surface area (Å²) >= 11 is 3.39. The Morgan fingerprint density at radius 3 is 2.83 bits per heavy atom. The van der Waals surface area contributed by atoms with Gasteiger partial charge in [-0.1, -0.05) is 15.9 Å². The number of halogens is 1. The van der Waals surface area contributed by atoms with Crippen LogP contribution in [0, 0.1) is 10.1 Å². The first-order valence-corrected chi connectivity index (χ1v) is 9.98. The standard InChI is InChI=1S/C19H23BrN4O5/c1-19(2,3)29-18(26)23-9-12(7-13(23)10-25)22-17-14-6-11(20)4-5-15(14)21-8-16(17)24(27)28/h4-6,8,12-13,25H,7,9-10H2,1-3H3,(H,21,22)/t12-,13-/m1/s1. The predicted molar refractivity (Wildman–Crippen MR) is 112 cm³/mol. The number of nitrogens with zero attached hydrogens (tertiary/aromatic N) is 3. The van der Waals surface area contributed by atoms with Gasteiger partial charge in [-0.05, 0) is 45.4 Å². The highest BCUT2D eigenvalue weighted by Gasteiger charge is 2.38. The molecule has 1 aliphatic heterocycles. The molecule has 0 bridgehead atoms. The van der Waals surface area contributed by atoms with Gasteiger partial charge >= 0.3 is 11.8 Å². The maximum Gasteiger partial charge on any atom is 0.410 e. The summed E-state index contributed by atoms with van der Waals surface area (Å²) in [5.74, 6) is 0. The summed E-state index contributed by atoms with van der Waals surface area (Å²) < 4.78 is 6.19. The van der Waals surface area contributed by atoms with Crippen molar-refractivity contribution in [3.05, 3.63) is 39.0 Å². The number of nitrogens with one attached hydrogen (secondary N) is 1. The second-order valence-corrected chi connectivity index (χ2v) is 8.90. The molecular weight excluding hydrogens is 444 g/mol. The van der Waals surface area contributed by atoms with Crippen molar-refractivity contribution in [3.63, 3.8) is 0 Å². The van der Waals surface area contributed by atoms with Gasteiger partial charge in [-0.25, -0.2) is 9.78 Å². The van der Waals surface area contributed by atoms with Crippen molar-refractivity contribution in [1.82, 2.24) is 9.88 Å². The van der Waals surface area contributed by atoms with E-state index in [4.69, 9.17) is 4.74 Å². The van der Waals surface area contributed by atoms with E-state index in [1.165, 1.54) is 11.1 Å². The van der Waals surface area contributed by atoms with E-state index < -0.39 is 22.7 Å². The van der Waals surface area contributed by atoms with Crippen molar-refractivity contribution in [2.24, 2.45) is 0 Å². The number of nitro groups is 1. The molecule has 0 unspecified atom stereocenters. The number of aliphatic hydroxyl groups is 1. The first-order chi connectivity index (χ1) is 13.6. The summed E-state index contributed by atoms with van der Waals surface area (Å²) in [6.45, 7) is 5.36. The number of amides is 1. The zero-order valence-corrected chi connectivity index (χ0v) is 18.0. The molecule has 1 fully saturated rings. The van der Waals surface area contributed by atoms with Gasteiger partial charge < -0.3 is 20.1 Å². The Bertz CT molecular complexity index is 946. The Balaban J connectivity index is 1.91. The molecule has 1 amide bonds. The summed E-state index contributed by atoms with van der Waals surface area (Å²) in [5, 5.41) is 25.1. The molecule has 2 N–H and O–H groups in total. The van der Waals surface area contributed by atoms with Crippen LogP contribution < -0.4 is 5.32 Å². The number of pyridine rings is 1. The van der Waals surface area contributed by atoms with Crippen molar-refractivity contribution in [2.45, 2.75) is 44.9 Å². The van der Waals surface area contributed by atoms with Gasteiger partial charge in [-0.2, -0.15) is 0 Å². The average molecular weight is 467 g/mol. The van der Waals surface area contributed by atoms with Crippen LogP contribution in [0.5, 0.6) is 0 Å². The Kier molecular flexibility index (Phi) is 5.95. The number of ether oxygens (including phenoxy) is 1. The van der Waals surface area contributed by atoms with E-state index in [-0.39, 0.29) is 24.9 Å². The first kappa shape index (κ1) is 21.3. The molecule has 2 heterocycles. The van der Waals surface area contributed by atoms with Crippen molar-refractivity contribution in [2.75, 3.05) is 18.5 Å². The quantitative estimate of drug-likeness (QED) is 0.520. The topological polar surface area (TPSA) is 118 Å². The number of benzene rings is 1. The minimum absolute atomic E-state index is 0.146. The number of hydrogen-bond donors (Lipinski definition) is 2. The lowest BCUT2D eigenvalue weighted by molar-refractivity contribution is -0.384. The Hall–Kier alpha value is -2.46. The fourth-order valence-electron chi connectivity index (χ4n) is 3.39. The van der Waals surface area contributed by atoms with Gasteiger partial charge in [-0.15, -0.1) is 0 Å². The van der Waals surface area contributed by atoms with Crippen LogP contribution in [-0.4, -0.2) is 56.8 Å². The van der Waals surface area contributed by atoms with Gasteiger partial charge in [0.25, 0.3) is 0 Å². The van der Waals surface area contributed by atoms with Gasteiger partial charge in [0.05, 0.1) is 23.1 Å². The van der Waals surface area contributed by atoms with E-state index in [1.54, 1.807) is 32.9 Å². The lowest BCUT2D eigenvalue weighted by Gasteiger charge is -2.27. The maximum atomic E-state index is 12.5. The van der Waals surface area contributed by atoms with Crippen molar-refractivity contribution >= 4 is 44.3 Å². The maximum absolute atomic E-state index is 12.5. The zero-order valence-electron chi connectivity index (χ0n) is 16.4. The molecule has 1 aliphatic rings. The monoisotopic (exact) mass is 466 g/mol. The molecule has 9 nitrogen and oxygen atoms in total. The number of aromatic nitrogens is 1. The minimum atomic E-state index is -0.658. The molecule has 0 aliphatic carbocycles. The van der Waals surface area contributed by atoms with E-state index in [0.717, 1.165) is 4.47 Å². The molecule has 1 saturated heterocycles. The molecule has 156 valence electrons. The van der Waals surface area contributed by atoms with Crippen molar-refractivity contribution in [3.8, 4) is 0 Å². The Morgan fingerprint density at radius 1 is 1.48 bits per heavy atom. The fourth-order valence-corrected chi connectivity index (χ4v) is 3.75. The number of carbonyl (C=O) groups is 1. The number of likely N-dealkylation sites (tertiary alicyclic amines) is 1. The van der Waals surface area contributed by atoms with Crippen LogP contribution in [0.2, 0.25) is 0 Å². The number of aliphatic hydroxyl groups excluding tert-OH is 1. The van der Waals surface area contributed by atoms with Crippen LogP contribution in [0.25, 0.3) is 10.9 Å². The molecule has 2 aromatic rings. The van der Waals surface area contributed by atoms with Gasteiger partial charge in [-0.3, -0.25) is 10.1 Å². The second kappa shape index (κ2) is 8.11. The number of fused-ring (bicyclic) bond motifs is 1. The van der Waals surface area contributed by atoms with Gasteiger partial charge in [0.2, 0.25) is 0 Å². The molecule has 3 rings (SSSR count). The van der Waals surface area contributed by atoms with Crippen LogP contribution in [-0.2, 0) is 4.74 Å². The third kappa shape index (κ3) is 4.76. The van der Waals surface area contributed by atoms with E-state index in [2.05, 4.69) is 26.2 Å². The summed E-state index contributed by atoms with van der Waals surface area (Å²) in [6.07, 6.45) is 1.14. The average Bonchev–Trinajstić information content (AvgIpc) is 3.03. The Labute approximate surface area is 176 Å². The minimum Gasteiger partial charge on any atom is -0.444 e. The molecule has 1 aromatic heterocycles. The van der Waals surface area contributed by atoms with E-state index >= 15 is 0 Å². The number of carbonyl (C=O) groups excluding carboxylic acids is 1. The normalized spacial score (nSPS) is 19.4. The zero-order chi connectivity index (χ0) is 21.3. The molecule has 2 atom stereocenters. The molecule has 10 heteroatoms. The third-order valence-corrected chi connectivity index (χ3v) is 5.10. The lowest BCUT2D eigenvalue weighted by Crippen LogP contribution is -2.41. The molecular formula is C19H23BrN4O5. The second-order valence-electron chi connectivity index (χ2n) is 7.98. The van der Waals surface area contributed by atoms with E-state index in [0.29, 0.717) is 23.0 Å². The van der Waals surface area contributed by atoms with E-state index in [9.17, 15) is 20.0 Å². The molecule has 0 spiro atoms. The highest BCUT2D eigenvalue weighted by molar-refractivity contribution is 9.10. The summed E-state index contributed by atoms with van der Waals surface area (Å²) in [4.78, 5) is 29.2. The van der Waals surface area contributed by atoms with Gasteiger partial charge in [0.1, 0.15) is 17.5 Å². The molecule has 1 aromatic carbocycles. The highest BCUT2D eigenvalue weighted by Crippen LogP contribution is 2.35. The fraction of sp³-hybridized carbons (Fsp3) is 0.474. The number of anilines is 1. The van der Waals surface area contributed by atoms with E-state index in [1.807, 2.05) is 6.07 Å². The van der Waals surface area contributed by atoms with Crippen molar-refractivity contribution in [1.29, 1.82) is 0 Å². The smallest absolute Gasteiger partial charge is 0.410 e. The van der Waals surface area contributed by atoms with Crippen LogP contribution in [0.15, 0.2) is 28.9 Å². The summed E-state index contributed by atoms with van der Waals surface area (Å²) in [5.41, 5.74) is 0.150. The summed E-state index contributed by atoms with van der Waals surface area (Å²) in [7, 11) is 0. The first-order valence-electron chi connectivity index (χ1n) is 9.18. The Morgan fingerprint density at radius 2 is 2.21 bits per heavy atom. The highest BCUT2D eigenvalue weighted by atomic mass is 79.9. The molecule has 0 radical (unpaired) electrons.